The van der Waals surface area contributed by atoms with Crippen LogP contribution in [0.25, 0.3) is 0 Å². The Hall–Kier alpha value is -1.02. The molecule has 3 rings (SSSR count). The first-order valence-corrected chi connectivity index (χ1v) is 11.2. The molecule has 3 nitrogen and oxygen atoms in total. The third kappa shape index (κ3) is 4.11. The maximum atomic E-state index is 13.6. The monoisotopic (exact) mass is 500 g/mol. The molecule has 2 aromatic carbocycles. The first-order valence-electron chi connectivity index (χ1n) is 7.64. The Bertz CT molecular complexity index is 944. The molecule has 0 aliphatic carbocycles. The summed E-state index contributed by atoms with van der Waals surface area (Å²) < 4.78 is 67.4. The van der Waals surface area contributed by atoms with Crippen molar-refractivity contribution in [1.82, 2.24) is 4.90 Å². The largest absolute Gasteiger partial charge is 0.345 e. The first-order chi connectivity index (χ1) is 14.0. The van der Waals surface area contributed by atoms with Gasteiger partial charge in [-0.15, -0.1) is 0 Å². The molecule has 1 N–H and O–H groups in total. The normalized spacial score (nSPS) is 13.1. The SMILES string of the molecule is N=C1c2ccccc2CN1CC(=O)c1c(SF)c(SF)c(SF)c(SF)c1SF. The van der Waals surface area contributed by atoms with Gasteiger partial charge in [-0.2, -0.15) is 19.4 Å². The molecule has 0 unspecified atom stereocenters. The highest BCUT2D eigenvalue weighted by atomic mass is 32.2. The van der Waals surface area contributed by atoms with Gasteiger partial charge in [-0.1, -0.05) is 24.3 Å². The van der Waals surface area contributed by atoms with Crippen LogP contribution in [0.4, 0.5) is 19.4 Å². The van der Waals surface area contributed by atoms with Crippen LogP contribution in [0.15, 0.2) is 48.7 Å². The highest BCUT2D eigenvalue weighted by Crippen LogP contribution is 2.52. The van der Waals surface area contributed by atoms with Crippen molar-refractivity contribution in [1.29, 1.82) is 5.41 Å². The summed E-state index contributed by atoms with van der Waals surface area (Å²) in [7, 11) is 0. The number of benzene rings is 2. The van der Waals surface area contributed by atoms with Crippen LogP contribution >= 0.6 is 60.7 Å². The van der Waals surface area contributed by atoms with E-state index < -0.39 is 103 Å². The minimum Gasteiger partial charge on any atom is -0.345 e. The fraction of sp³-hybridized carbons (Fsp3) is 0.125. The Labute approximate surface area is 184 Å². The summed E-state index contributed by atoms with van der Waals surface area (Å²) in [6.45, 7) is -0.214. The lowest BCUT2D eigenvalue weighted by Gasteiger charge is -2.20. The number of nitrogens with one attached hydrogen (secondary N) is 1. The van der Waals surface area contributed by atoms with Crippen molar-refractivity contribution in [3.63, 3.8) is 0 Å². The van der Waals surface area contributed by atoms with Crippen molar-refractivity contribution in [3.05, 3.63) is 41.0 Å². The minimum absolute atomic E-state index is 0.0500. The van der Waals surface area contributed by atoms with Gasteiger partial charge in [0.15, 0.2) is 5.78 Å². The van der Waals surface area contributed by atoms with Gasteiger partial charge in [-0.3, -0.25) is 10.2 Å². The quantitative estimate of drug-likeness (QED) is 0.296. The number of carbonyl (C=O) groups is 1. The van der Waals surface area contributed by atoms with Crippen LogP contribution in [-0.2, 0) is 6.54 Å². The van der Waals surface area contributed by atoms with E-state index in [0.29, 0.717) is 5.56 Å². The van der Waals surface area contributed by atoms with Gasteiger partial charge in [0.25, 0.3) is 0 Å². The highest BCUT2D eigenvalue weighted by molar-refractivity contribution is 8.00. The van der Waals surface area contributed by atoms with Crippen LogP contribution < -0.4 is 0 Å². The van der Waals surface area contributed by atoms with Crippen LogP contribution in [0.1, 0.15) is 21.5 Å². The lowest BCUT2D eigenvalue weighted by Crippen LogP contribution is -2.30. The second kappa shape index (κ2) is 9.86. The van der Waals surface area contributed by atoms with Gasteiger partial charge in [0.05, 0.1) is 97.3 Å². The predicted octanol–water partition coefficient (Wildman–Crippen LogP) is 7.59. The lowest BCUT2D eigenvalue weighted by atomic mass is 10.1. The molecular formula is C16H9F5N2OS5. The summed E-state index contributed by atoms with van der Waals surface area (Å²) in [5, 5.41) is 8.20. The number of hydrogen-bond acceptors (Lipinski definition) is 7. The van der Waals surface area contributed by atoms with E-state index in [1.807, 2.05) is 0 Å². The minimum atomic E-state index is -0.844. The van der Waals surface area contributed by atoms with E-state index in [0.717, 1.165) is 5.56 Å². The van der Waals surface area contributed by atoms with Crippen LogP contribution in [0.5, 0.6) is 0 Å². The van der Waals surface area contributed by atoms with Crippen molar-refractivity contribution < 1.29 is 24.2 Å². The molecule has 0 radical (unpaired) electrons. The summed E-state index contributed by atoms with van der Waals surface area (Å²) in [5.41, 5.74) is 0.839. The van der Waals surface area contributed by atoms with Gasteiger partial charge < -0.3 is 4.90 Å². The number of nitrogens with zero attached hydrogens (tertiary/aromatic N) is 1. The molecule has 29 heavy (non-hydrogen) atoms. The summed E-state index contributed by atoms with van der Waals surface area (Å²) in [6.07, 6.45) is 0. The number of Topliss-reactive ketones (excluding diaryl/α,β-unsaturated/α-hetero) is 1. The maximum Gasteiger partial charge on any atom is 0.184 e. The van der Waals surface area contributed by atoms with Crippen molar-refractivity contribution in [2.75, 3.05) is 6.54 Å². The smallest absolute Gasteiger partial charge is 0.184 e. The summed E-state index contributed by atoms with van der Waals surface area (Å²) in [5.74, 6) is -0.794. The number of carbonyl (C=O) groups excluding carboxylic acids is 1. The third-order valence-electron chi connectivity index (χ3n) is 4.23. The van der Waals surface area contributed by atoms with Gasteiger partial charge >= 0.3 is 0 Å². The zero-order valence-corrected chi connectivity index (χ0v) is 18.1. The molecule has 0 bridgehead atoms. The standard InChI is InChI=1S/C16H9F5N2OS5/c17-25-11-10(12(26-18)14(28-20)15(29-21)13(11)27-19)9(24)6-23-5-7-3-1-2-4-8(7)16(23)22/h1-4,22H,5-6H2. The van der Waals surface area contributed by atoms with Crippen molar-refractivity contribution in [2.24, 2.45) is 0 Å². The molecular weight excluding hydrogens is 492 g/mol. The van der Waals surface area contributed by atoms with E-state index in [1.165, 1.54) is 4.90 Å². The van der Waals surface area contributed by atoms with E-state index >= 15 is 0 Å². The number of rotatable bonds is 8. The highest BCUT2D eigenvalue weighted by Gasteiger charge is 2.33. The Morgan fingerprint density at radius 3 is 1.83 bits per heavy atom. The first kappa shape index (κ1) is 22.7. The molecule has 1 heterocycles. The number of hydrogen-bond donors (Lipinski definition) is 1. The van der Waals surface area contributed by atoms with E-state index in [4.69, 9.17) is 5.41 Å². The molecule has 0 atom stereocenters. The number of ketones is 1. The van der Waals surface area contributed by atoms with E-state index in [1.54, 1.807) is 24.3 Å². The van der Waals surface area contributed by atoms with Crippen molar-refractivity contribution in [2.45, 2.75) is 31.0 Å². The number of amidine groups is 1. The average Bonchev–Trinajstić information content (AvgIpc) is 3.06. The molecule has 2 aromatic rings. The summed E-state index contributed by atoms with van der Waals surface area (Å²) in [4.78, 5) is 11.2. The van der Waals surface area contributed by atoms with Gasteiger partial charge in [-0.25, -0.2) is 0 Å². The molecule has 154 valence electrons. The van der Waals surface area contributed by atoms with E-state index in [2.05, 4.69) is 0 Å². The molecule has 1 aliphatic rings. The van der Waals surface area contributed by atoms with Crippen LogP contribution in [0.2, 0.25) is 0 Å². The Morgan fingerprint density at radius 1 is 0.862 bits per heavy atom. The molecule has 1 aliphatic heterocycles. The number of halogens is 5. The zero-order chi connectivity index (χ0) is 21.1. The molecule has 0 saturated carbocycles. The predicted molar refractivity (Wildman–Crippen MR) is 109 cm³/mol. The van der Waals surface area contributed by atoms with Gasteiger partial charge in [0, 0.05) is 12.1 Å². The van der Waals surface area contributed by atoms with Crippen molar-refractivity contribution >= 4 is 72.4 Å². The molecule has 13 heteroatoms. The van der Waals surface area contributed by atoms with Crippen LogP contribution in [-0.4, -0.2) is 23.1 Å². The molecule has 0 aromatic heterocycles. The van der Waals surface area contributed by atoms with E-state index in [9.17, 15) is 24.2 Å². The summed E-state index contributed by atoms with van der Waals surface area (Å²) >= 11 is -2.77. The Morgan fingerprint density at radius 2 is 1.34 bits per heavy atom. The van der Waals surface area contributed by atoms with Gasteiger partial charge in [0.2, 0.25) is 0 Å². The second-order valence-corrected chi connectivity index (χ2v) is 8.50. The average molecular weight is 501 g/mol. The number of fused-ring (bicyclic) bond motifs is 1. The Kier molecular flexibility index (Phi) is 7.70. The van der Waals surface area contributed by atoms with E-state index in [-0.39, 0.29) is 12.4 Å². The molecule has 0 fully saturated rings. The molecule has 0 saturated heterocycles. The van der Waals surface area contributed by atoms with Crippen molar-refractivity contribution in [3.8, 4) is 0 Å². The zero-order valence-electron chi connectivity index (χ0n) is 14.0. The fourth-order valence-electron chi connectivity index (χ4n) is 2.98. The second-order valence-electron chi connectivity index (χ2n) is 5.69. The van der Waals surface area contributed by atoms with Crippen LogP contribution in [0, 0.1) is 5.41 Å². The van der Waals surface area contributed by atoms with Crippen LogP contribution in [0.3, 0.4) is 0 Å². The summed E-state index contributed by atoms with van der Waals surface area (Å²) in [6, 6.07) is 6.99. The topological polar surface area (TPSA) is 44.2 Å². The lowest BCUT2D eigenvalue weighted by molar-refractivity contribution is 0.0955. The maximum absolute atomic E-state index is 13.6. The molecule has 0 spiro atoms. The van der Waals surface area contributed by atoms with Gasteiger partial charge in [-0.05, 0) is 5.56 Å². The third-order valence-corrected chi connectivity index (χ3v) is 7.56. The van der Waals surface area contributed by atoms with Gasteiger partial charge in [0.1, 0.15) is 5.84 Å². The molecule has 0 amide bonds. The fourth-order valence-corrected chi connectivity index (χ4v) is 5.96. The Balaban J connectivity index is 2.06.